The maximum absolute atomic E-state index is 5.24. The molecule has 0 aliphatic carbocycles. The van der Waals surface area contributed by atoms with Gasteiger partial charge in [0.25, 0.3) is 0 Å². The molecule has 53 heavy (non-hydrogen) atoms. The highest BCUT2D eigenvalue weighted by Gasteiger charge is 2.19. The smallest absolute Gasteiger partial charge is 0.146 e. The molecule has 4 heterocycles. The molecular formula is C49H30N4. The second-order valence-electron chi connectivity index (χ2n) is 14.0. The van der Waals surface area contributed by atoms with Crippen LogP contribution in [-0.4, -0.2) is 18.5 Å². The molecule has 0 radical (unpaired) electrons. The topological polar surface area (TPSA) is 27.2 Å². The van der Waals surface area contributed by atoms with E-state index in [1.54, 1.807) is 0 Å². The fourth-order valence-corrected chi connectivity index (χ4v) is 8.91. The summed E-state index contributed by atoms with van der Waals surface area (Å²) in [7, 11) is 0. The van der Waals surface area contributed by atoms with Crippen LogP contribution in [0.1, 0.15) is 0 Å². The van der Waals surface area contributed by atoms with E-state index in [1.165, 1.54) is 59.9 Å². The largest absolute Gasteiger partial charge is 0.309 e. The van der Waals surface area contributed by atoms with Crippen LogP contribution in [0.4, 0.5) is 0 Å². The lowest BCUT2D eigenvalue weighted by atomic mass is 9.98. The first-order chi connectivity index (χ1) is 26.3. The Morgan fingerprint density at radius 3 is 1.26 bits per heavy atom. The van der Waals surface area contributed by atoms with E-state index >= 15 is 0 Å². The van der Waals surface area contributed by atoms with E-state index in [9.17, 15) is 0 Å². The molecule has 8 aromatic carbocycles. The van der Waals surface area contributed by atoms with Crippen molar-refractivity contribution in [1.82, 2.24) is 18.5 Å². The van der Waals surface area contributed by atoms with Crippen molar-refractivity contribution >= 4 is 82.0 Å². The van der Waals surface area contributed by atoms with Crippen molar-refractivity contribution in [2.24, 2.45) is 0 Å². The van der Waals surface area contributed by atoms with Crippen molar-refractivity contribution in [2.75, 3.05) is 0 Å². The molecule has 0 atom stereocenters. The summed E-state index contributed by atoms with van der Waals surface area (Å²) in [5.41, 5.74) is 13.5. The number of fused-ring (bicyclic) bond motifs is 14. The van der Waals surface area contributed by atoms with Gasteiger partial charge in [-0.05, 0) is 83.2 Å². The lowest BCUT2D eigenvalue weighted by Crippen LogP contribution is -2.00. The molecule has 12 rings (SSSR count). The number of rotatable bonds is 3. The third kappa shape index (κ3) is 3.98. The normalized spacial score (nSPS) is 12.2. The van der Waals surface area contributed by atoms with Gasteiger partial charge in [-0.15, -0.1) is 0 Å². The fraction of sp³-hybridized carbons (Fsp3) is 0. The molecule has 0 spiro atoms. The number of para-hydroxylation sites is 7. The second-order valence-corrected chi connectivity index (χ2v) is 14.0. The number of nitrogens with zero attached hydrogens (tertiary/aromatic N) is 4. The second kappa shape index (κ2) is 10.7. The number of pyridine rings is 1. The van der Waals surface area contributed by atoms with Crippen molar-refractivity contribution in [1.29, 1.82) is 0 Å². The van der Waals surface area contributed by atoms with Gasteiger partial charge < -0.3 is 9.13 Å². The van der Waals surface area contributed by atoms with E-state index in [0.717, 1.165) is 44.6 Å². The summed E-state index contributed by atoms with van der Waals surface area (Å²) in [4.78, 5) is 5.24. The summed E-state index contributed by atoms with van der Waals surface area (Å²) < 4.78 is 7.19. The van der Waals surface area contributed by atoms with Gasteiger partial charge in [-0.3, -0.25) is 4.40 Å². The number of aromatic nitrogens is 4. The van der Waals surface area contributed by atoms with Crippen molar-refractivity contribution in [3.05, 3.63) is 182 Å². The Bertz CT molecular complexity index is 3230. The Hall–Kier alpha value is -7.17. The first kappa shape index (κ1) is 28.5. The molecule has 0 N–H and O–H groups in total. The predicted molar refractivity (Wildman–Crippen MR) is 222 cm³/mol. The van der Waals surface area contributed by atoms with Gasteiger partial charge >= 0.3 is 0 Å². The van der Waals surface area contributed by atoms with Crippen molar-refractivity contribution < 1.29 is 0 Å². The Kier molecular flexibility index (Phi) is 5.74. The molecular weight excluding hydrogens is 645 g/mol. The quantitative estimate of drug-likeness (QED) is 0.171. The summed E-state index contributed by atoms with van der Waals surface area (Å²) in [5.74, 6) is 0. The average molecular weight is 675 g/mol. The molecule has 246 valence electrons. The van der Waals surface area contributed by atoms with E-state index in [2.05, 4.69) is 196 Å². The first-order valence-corrected chi connectivity index (χ1v) is 18.1. The fourth-order valence-electron chi connectivity index (χ4n) is 8.91. The van der Waals surface area contributed by atoms with Crippen LogP contribution >= 0.6 is 0 Å². The van der Waals surface area contributed by atoms with Crippen molar-refractivity contribution in [3.63, 3.8) is 0 Å². The molecule has 0 unspecified atom stereocenters. The lowest BCUT2D eigenvalue weighted by molar-refractivity contribution is 1.13. The highest BCUT2D eigenvalue weighted by Crippen LogP contribution is 2.40. The van der Waals surface area contributed by atoms with Gasteiger partial charge in [-0.25, -0.2) is 4.98 Å². The third-order valence-electron chi connectivity index (χ3n) is 11.2. The summed E-state index contributed by atoms with van der Waals surface area (Å²) in [5, 5.41) is 8.55. The van der Waals surface area contributed by atoms with Gasteiger partial charge in [0.1, 0.15) is 5.65 Å². The number of benzene rings is 8. The van der Waals surface area contributed by atoms with Gasteiger partial charge in [0, 0.05) is 43.7 Å². The highest BCUT2D eigenvalue weighted by atomic mass is 15.0. The molecule has 4 aromatic heterocycles. The Labute approximate surface area is 304 Å². The maximum atomic E-state index is 5.24. The minimum atomic E-state index is 0.975. The Morgan fingerprint density at radius 2 is 0.736 bits per heavy atom. The van der Waals surface area contributed by atoms with Crippen molar-refractivity contribution in [3.8, 4) is 22.5 Å². The molecule has 0 saturated carbocycles. The Balaban J connectivity index is 1.20. The maximum Gasteiger partial charge on any atom is 0.146 e. The molecule has 0 saturated heterocycles. The number of hydrogen-bond donors (Lipinski definition) is 0. The van der Waals surface area contributed by atoms with Crippen LogP contribution in [0.5, 0.6) is 0 Å². The summed E-state index contributed by atoms with van der Waals surface area (Å²) in [6, 6.07) is 66.2. The van der Waals surface area contributed by atoms with Crippen LogP contribution < -0.4 is 0 Å². The van der Waals surface area contributed by atoms with Gasteiger partial charge in [0.2, 0.25) is 0 Å². The van der Waals surface area contributed by atoms with E-state index in [0.29, 0.717) is 0 Å². The van der Waals surface area contributed by atoms with Gasteiger partial charge in [0.05, 0.1) is 38.6 Å². The van der Waals surface area contributed by atoms with E-state index in [4.69, 9.17) is 4.98 Å². The van der Waals surface area contributed by atoms with E-state index in [-0.39, 0.29) is 0 Å². The standard InChI is InChI=1S/C49H30N4/c1-11-23-47-36(13-1)35-26-25-31(29-41(35)49-50-42-18-6-12-24-48(42)53(47)49)32-27-33(51-43-19-7-2-14-37(43)38-15-3-8-20-44(38)51)30-34(28-32)52-45-21-9-4-16-39(45)40-17-5-10-22-46(40)52/h1-30H. The van der Waals surface area contributed by atoms with Crippen LogP contribution in [-0.2, 0) is 0 Å². The summed E-state index contributed by atoms with van der Waals surface area (Å²) in [6.45, 7) is 0. The molecule has 12 aromatic rings. The third-order valence-corrected chi connectivity index (χ3v) is 11.2. The molecule has 4 nitrogen and oxygen atoms in total. The lowest BCUT2D eigenvalue weighted by Gasteiger charge is -2.16. The SMILES string of the molecule is c1ccc2c(c1)nc1c3cc(-c4cc(-n5c6ccccc6c6ccccc65)cc(-n5c6ccccc6c6ccccc65)c4)ccc3c3ccccc3n21. The van der Waals surface area contributed by atoms with Crippen LogP contribution in [0.25, 0.3) is 104 Å². The molecule has 4 heteroatoms. The zero-order valence-electron chi connectivity index (χ0n) is 28.6. The number of hydrogen-bond acceptors (Lipinski definition) is 1. The van der Waals surface area contributed by atoms with Crippen LogP contribution in [0.2, 0.25) is 0 Å². The zero-order valence-corrected chi connectivity index (χ0v) is 28.6. The molecule has 0 fully saturated rings. The molecule has 0 amide bonds. The minimum absolute atomic E-state index is 0.975. The van der Waals surface area contributed by atoms with Crippen molar-refractivity contribution in [2.45, 2.75) is 0 Å². The number of imidazole rings is 1. The average Bonchev–Trinajstić information content (AvgIpc) is 3.89. The minimum Gasteiger partial charge on any atom is -0.309 e. The zero-order chi connectivity index (χ0) is 34.6. The first-order valence-electron chi connectivity index (χ1n) is 18.1. The van der Waals surface area contributed by atoms with Gasteiger partial charge in [-0.1, -0.05) is 115 Å². The van der Waals surface area contributed by atoms with Gasteiger partial charge in [-0.2, -0.15) is 0 Å². The van der Waals surface area contributed by atoms with E-state index in [1.807, 2.05) is 0 Å². The molecule has 0 aliphatic heterocycles. The van der Waals surface area contributed by atoms with Crippen LogP contribution in [0.15, 0.2) is 182 Å². The summed E-state index contributed by atoms with van der Waals surface area (Å²) >= 11 is 0. The molecule has 0 aliphatic rings. The summed E-state index contributed by atoms with van der Waals surface area (Å²) in [6.07, 6.45) is 0. The monoisotopic (exact) mass is 674 g/mol. The van der Waals surface area contributed by atoms with Crippen LogP contribution in [0, 0.1) is 0 Å². The Morgan fingerprint density at radius 1 is 0.302 bits per heavy atom. The van der Waals surface area contributed by atoms with E-state index < -0.39 is 0 Å². The van der Waals surface area contributed by atoms with Crippen LogP contribution in [0.3, 0.4) is 0 Å². The van der Waals surface area contributed by atoms with Gasteiger partial charge in [0.15, 0.2) is 0 Å². The predicted octanol–water partition coefficient (Wildman–Crippen LogP) is 12.7. The highest BCUT2D eigenvalue weighted by molar-refractivity contribution is 6.15. The molecule has 0 bridgehead atoms.